The molecule has 1 heterocycles. The van der Waals surface area contributed by atoms with Gasteiger partial charge in [0.2, 0.25) is 5.91 Å². The van der Waals surface area contributed by atoms with Gasteiger partial charge in [-0.2, -0.15) is 0 Å². The molecule has 2 N–H and O–H groups in total. The van der Waals surface area contributed by atoms with E-state index in [-0.39, 0.29) is 29.9 Å². The molecule has 0 atom stereocenters. The van der Waals surface area contributed by atoms with Crippen molar-refractivity contribution in [2.75, 3.05) is 33.9 Å². The Bertz CT molecular complexity index is 691. The van der Waals surface area contributed by atoms with Crippen LogP contribution in [0.1, 0.15) is 49.7 Å². The Labute approximate surface area is 191 Å². The molecular weight excluding hydrogens is 479 g/mol. The number of methoxy groups -OCH3 is 1. The molecule has 29 heavy (non-hydrogen) atoms. The van der Waals surface area contributed by atoms with Crippen molar-refractivity contribution in [1.82, 2.24) is 15.5 Å². The summed E-state index contributed by atoms with van der Waals surface area (Å²) in [5, 5.41) is 6.92. The number of aliphatic imine (C=N–C) groups is 1. The number of nitrogens with zero attached hydrogens (tertiary/aromatic N) is 2. The van der Waals surface area contributed by atoms with Crippen molar-refractivity contribution < 1.29 is 9.53 Å². The number of hydrogen-bond acceptors (Lipinski definition) is 3. The van der Waals surface area contributed by atoms with Crippen LogP contribution in [0.4, 0.5) is 0 Å². The van der Waals surface area contributed by atoms with E-state index in [1.54, 1.807) is 7.11 Å². The molecule has 0 spiro atoms. The van der Waals surface area contributed by atoms with E-state index in [1.165, 1.54) is 30.4 Å². The predicted molar refractivity (Wildman–Crippen MR) is 127 cm³/mol. The number of amides is 1. The Balaban J connectivity index is 0.00000300. The number of hydrogen-bond donors (Lipinski definition) is 2. The molecule has 2 fully saturated rings. The average Bonchev–Trinajstić information content (AvgIpc) is 3.08. The van der Waals surface area contributed by atoms with E-state index in [2.05, 4.69) is 39.9 Å². The van der Waals surface area contributed by atoms with Crippen molar-refractivity contribution in [2.45, 2.75) is 51.6 Å². The highest BCUT2D eigenvalue weighted by molar-refractivity contribution is 14.0. The number of ether oxygens (including phenoxy) is 1. The first-order chi connectivity index (χ1) is 13.6. The first-order valence-corrected chi connectivity index (χ1v) is 10.4. The third-order valence-electron chi connectivity index (χ3n) is 6.10. The lowest BCUT2D eigenvalue weighted by Crippen LogP contribution is -2.46. The van der Waals surface area contributed by atoms with Gasteiger partial charge in [0, 0.05) is 53.4 Å². The van der Waals surface area contributed by atoms with Crippen molar-refractivity contribution in [2.24, 2.45) is 10.4 Å². The van der Waals surface area contributed by atoms with Gasteiger partial charge in [0.1, 0.15) is 0 Å². The summed E-state index contributed by atoms with van der Waals surface area (Å²) in [4.78, 5) is 18.2. The molecule has 1 saturated carbocycles. The summed E-state index contributed by atoms with van der Waals surface area (Å²) in [6.45, 7) is 4.06. The fraction of sp³-hybridized carbons (Fsp3) is 0.636. The van der Waals surface area contributed by atoms with Gasteiger partial charge in [0.25, 0.3) is 0 Å². The molecule has 0 unspecified atom stereocenters. The van der Waals surface area contributed by atoms with Crippen molar-refractivity contribution in [3.05, 3.63) is 35.4 Å². The predicted octanol–water partition coefficient (Wildman–Crippen LogP) is 3.30. The van der Waals surface area contributed by atoms with Gasteiger partial charge in [-0.05, 0) is 42.2 Å². The van der Waals surface area contributed by atoms with Crippen LogP contribution in [0.15, 0.2) is 29.3 Å². The normalized spacial score (nSPS) is 18.2. The molecular formula is C22H35IN4O2. The molecule has 0 radical (unpaired) electrons. The lowest BCUT2D eigenvalue weighted by molar-refractivity contribution is -0.128. The Morgan fingerprint density at radius 2 is 2.03 bits per heavy atom. The smallest absolute Gasteiger partial charge is 0.222 e. The summed E-state index contributed by atoms with van der Waals surface area (Å²) in [5.74, 6) is 1.11. The van der Waals surface area contributed by atoms with Crippen LogP contribution in [0.5, 0.6) is 0 Å². The molecule has 7 heteroatoms. The minimum absolute atomic E-state index is 0. The largest absolute Gasteiger partial charge is 0.385 e. The number of benzene rings is 1. The molecule has 0 aromatic heterocycles. The Morgan fingerprint density at radius 1 is 1.24 bits per heavy atom. The van der Waals surface area contributed by atoms with Gasteiger partial charge < -0.3 is 20.3 Å². The first kappa shape index (κ1) is 23.9. The minimum Gasteiger partial charge on any atom is -0.385 e. The molecule has 3 rings (SSSR count). The lowest BCUT2D eigenvalue weighted by atomic mass is 9.67. The molecule has 6 nitrogen and oxygen atoms in total. The SMILES string of the molecule is CN=C(NCc1cccc(CN2CCCC2=O)c1)NCC1(CCOC)CCC1.I. The molecule has 162 valence electrons. The van der Waals surface area contributed by atoms with E-state index in [0.29, 0.717) is 24.9 Å². The second-order valence-corrected chi connectivity index (χ2v) is 8.11. The highest BCUT2D eigenvalue weighted by Gasteiger charge is 2.36. The summed E-state index contributed by atoms with van der Waals surface area (Å²) in [6.07, 6.45) is 6.60. The van der Waals surface area contributed by atoms with Crippen LogP contribution >= 0.6 is 24.0 Å². The van der Waals surface area contributed by atoms with Crippen LogP contribution in [0.25, 0.3) is 0 Å². The van der Waals surface area contributed by atoms with Gasteiger partial charge in [-0.15, -0.1) is 24.0 Å². The quantitative estimate of drug-likeness (QED) is 0.302. The molecule has 1 saturated heterocycles. The molecule has 1 aliphatic carbocycles. The van der Waals surface area contributed by atoms with Crippen molar-refractivity contribution >= 4 is 35.8 Å². The molecule has 1 amide bonds. The third-order valence-corrected chi connectivity index (χ3v) is 6.10. The van der Waals surface area contributed by atoms with Crippen molar-refractivity contribution in [1.29, 1.82) is 0 Å². The molecule has 1 aromatic rings. The topological polar surface area (TPSA) is 66.0 Å². The van der Waals surface area contributed by atoms with E-state index < -0.39 is 0 Å². The summed E-state index contributed by atoms with van der Waals surface area (Å²) in [7, 11) is 3.58. The molecule has 1 aliphatic heterocycles. The second kappa shape index (κ2) is 11.7. The highest BCUT2D eigenvalue weighted by Crippen LogP contribution is 2.43. The fourth-order valence-electron chi connectivity index (χ4n) is 4.12. The number of carbonyl (C=O) groups is 1. The monoisotopic (exact) mass is 514 g/mol. The molecule has 0 bridgehead atoms. The number of carbonyl (C=O) groups excluding carboxylic acids is 1. The van der Waals surface area contributed by atoms with Crippen LogP contribution in [0.3, 0.4) is 0 Å². The van der Waals surface area contributed by atoms with Gasteiger partial charge in [0.05, 0.1) is 0 Å². The van der Waals surface area contributed by atoms with E-state index in [9.17, 15) is 4.79 Å². The van der Waals surface area contributed by atoms with Gasteiger partial charge in [-0.1, -0.05) is 30.7 Å². The van der Waals surface area contributed by atoms with Gasteiger partial charge >= 0.3 is 0 Å². The summed E-state index contributed by atoms with van der Waals surface area (Å²) < 4.78 is 5.28. The zero-order valence-electron chi connectivity index (χ0n) is 17.7. The maximum absolute atomic E-state index is 11.8. The van der Waals surface area contributed by atoms with Crippen LogP contribution in [-0.4, -0.2) is 50.6 Å². The van der Waals surface area contributed by atoms with Crippen LogP contribution in [0, 0.1) is 5.41 Å². The van der Waals surface area contributed by atoms with Crippen molar-refractivity contribution in [3.8, 4) is 0 Å². The van der Waals surface area contributed by atoms with E-state index >= 15 is 0 Å². The summed E-state index contributed by atoms with van der Waals surface area (Å²) in [6, 6.07) is 8.45. The standard InChI is InChI=1S/C22H34N4O2.HI/c1-23-21(25-17-22(9-5-10-22)11-13-28-2)24-15-18-6-3-7-19(14-18)16-26-12-4-8-20(26)27;/h3,6-7,14H,4-5,8-13,15-17H2,1-2H3,(H2,23,24,25);1H. The summed E-state index contributed by atoms with van der Waals surface area (Å²) >= 11 is 0. The number of likely N-dealkylation sites (tertiary alicyclic amines) is 1. The van der Waals surface area contributed by atoms with E-state index in [1.807, 2.05) is 11.9 Å². The molecule has 2 aliphatic rings. The van der Waals surface area contributed by atoms with Gasteiger partial charge in [-0.25, -0.2) is 0 Å². The maximum Gasteiger partial charge on any atom is 0.222 e. The van der Waals surface area contributed by atoms with E-state index in [4.69, 9.17) is 4.74 Å². The van der Waals surface area contributed by atoms with Crippen molar-refractivity contribution in [3.63, 3.8) is 0 Å². The summed E-state index contributed by atoms with van der Waals surface area (Å²) in [5.41, 5.74) is 2.74. The Morgan fingerprint density at radius 3 is 2.66 bits per heavy atom. The second-order valence-electron chi connectivity index (χ2n) is 8.11. The number of nitrogens with one attached hydrogen (secondary N) is 2. The average molecular weight is 514 g/mol. The number of guanidine groups is 1. The zero-order valence-corrected chi connectivity index (χ0v) is 20.0. The van der Waals surface area contributed by atoms with Crippen LogP contribution < -0.4 is 10.6 Å². The number of rotatable bonds is 9. The zero-order chi connectivity index (χ0) is 19.8. The third kappa shape index (κ3) is 6.84. The maximum atomic E-state index is 11.8. The lowest BCUT2D eigenvalue weighted by Gasteiger charge is -2.42. The van der Waals surface area contributed by atoms with Gasteiger partial charge in [-0.3, -0.25) is 9.79 Å². The number of halogens is 1. The molecule has 1 aromatic carbocycles. The van der Waals surface area contributed by atoms with Crippen LogP contribution in [0.2, 0.25) is 0 Å². The Kier molecular flexibility index (Phi) is 9.68. The van der Waals surface area contributed by atoms with E-state index in [0.717, 1.165) is 38.5 Å². The first-order valence-electron chi connectivity index (χ1n) is 10.4. The van der Waals surface area contributed by atoms with Gasteiger partial charge in [0.15, 0.2) is 5.96 Å². The minimum atomic E-state index is 0. The Hall–Kier alpha value is -1.35. The van der Waals surface area contributed by atoms with Crippen LogP contribution in [-0.2, 0) is 22.6 Å². The fourth-order valence-corrected chi connectivity index (χ4v) is 4.12. The highest BCUT2D eigenvalue weighted by atomic mass is 127.